The Bertz CT molecular complexity index is 1690. The number of ether oxygens (including phenoxy) is 2. The van der Waals surface area contributed by atoms with Gasteiger partial charge in [-0.25, -0.2) is 19.6 Å². The molecule has 7 rings (SSSR count). The first kappa shape index (κ1) is 31.0. The molecule has 2 saturated heterocycles. The molecule has 246 valence electrons. The lowest BCUT2D eigenvalue weighted by atomic mass is 10.0. The van der Waals surface area contributed by atoms with E-state index in [9.17, 15) is 9.59 Å². The summed E-state index contributed by atoms with van der Waals surface area (Å²) in [6.45, 7) is 12.7. The van der Waals surface area contributed by atoms with E-state index in [4.69, 9.17) is 19.4 Å². The van der Waals surface area contributed by atoms with Crippen LogP contribution in [0.1, 0.15) is 102 Å². The molecule has 2 aliphatic heterocycles. The van der Waals surface area contributed by atoms with Crippen LogP contribution in [0, 0.1) is 0 Å². The highest BCUT2D eigenvalue weighted by atomic mass is 16.6. The highest BCUT2D eigenvalue weighted by Gasteiger charge is 2.36. The first-order chi connectivity index (χ1) is 22.3. The monoisotopic (exact) mass is 636 g/mol. The number of aromatic amines is 2. The molecule has 0 bridgehead atoms. The second kappa shape index (κ2) is 11.6. The highest BCUT2D eigenvalue weighted by molar-refractivity contribution is 5.82. The normalized spacial score (nSPS) is 19.2. The Morgan fingerprint density at radius 2 is 1.13 bits per heavy atom. The summed E-state index contributed by atoms with van der Waals surface area (Å²) in [4.78, 5) is 45.7. The molecule has 2 atom stereocenters. The first-order valence-corrected chi connectivity index (χ1v) is 16.7. The van der Waals surface area contributed by atoms with Crippen LogP contribution >= 0.6 is 0 Å². The van der Waals surface area contributed by atoms with Gasteiger partial charge in [-0.05, 0) is 119 Å². The van der Waals surface area contributed by atoms with E-state index >= 15 is 0 Å². The predicted octanol–water partition coefficient (Wildman–Crippen LogP) is 8.18. The number of fused-ring (bicyclic) bond motifs is 3. The molecule has 2 N–H and O–H groups in total. The van der Waals surface area contributed by atoms with Gasteiger partial charge < -0.3 is 19.4 Å². The molecule has 10 nitrogen and oxygen atoms in total. The van der Waals surface area contributed by atoms with Gasteiger partial charge in [-0.1, -0.05) is 24.3 Å². The number of carbonyl (C=O) groups is 2. The maximum atomic E-state index is 12.8. The minimum atomic E-state index is -0.538. The van der Waals surface area contributed by atoms with Crippen molar-refractivity contribution in [1.82, 2.24) is 29.7 Å². The topological polar surface area (TPSA) is 116 Å². The highest BCUT2D eigenvalue weighted by Crippen LogP contribution is 2.41. The van der Waals surface area contributed by atoms with E-state index in [0.29, 0.717) is 13.1 Å². The number of imidazole rings is 2. The number of likely N-dealkylation sites (tertiary alicyclic amines) is 2. The van der Waals surface area contributed by atoms with E-state index in [1.165, 1.54) is 22.3 Å². The average molecular weight is 637 g/mol. The van der Waals surface area contributed by atoms with Crippen molar-refractivity contribution in [1.29, 1.82) is 0 Å². The fourth-order valence-corrected chi connectivity index (χ4v) is 7.03. The number of hydrogen-bond donors (Lipinski definition) is 2. The Hall–Kier alpha value is -4.60. The summed E-state index contributed by atoms with van der Waals surface area (Å²) < 4.78 is 11.3. The molecule has 0 spiro atoms. The molecule has 4 aromatic rings. The van der Waals surface area contributed by atoms with Gasteiger partial charge in [0.05, 0.1) is 35.9 Å². The van der Waals surface area contributed by atoms with Gasteiger partial charge in [-0.15, -0.1) is 0 Å². The van der Waals surface area contributed by atoms with Crippen molar-refractivity contribution < 1.29 is 19.1 Å². The molecule has 2 aromatic carbocycles. The molecule has 10 heteroatoms. The molecule has 47 heavy (non-hydrogen) atoms. The number of rotatable bonds is 4. The maximum absolute atomic E-state index is 12.8. The predicted molar refractivity (Wildman–Crippen MR) is 180 cm³/mol. The van der Waals surface area contributed by atoms with Crippen molar-refractivity contribution in [2.45, 2.75) is 96.9 Å². The smallest absolute Gasteiger partial charge is 0.410 e. The summed E-state index contributed by atoms with van der Waals surface area (Å²) in [5.41, 5.74) is 7.96. The van der Waals surface area contributed by atoms with E-state index in [0.717, 1.165) is 66.3 Å². The minimum Gasteiger partial charge on any atom is -0.444 e. The summed E-state index contributed by atoms with van der Waals surface area (Å²) in [6, 6.07) is 12.9. The summed E-state index contributed by atoms with van der Waals surface area (Å²) in [7, 11) is 0. The van der Waals surface area contributed by atoms with Crippen molar-refractivity contribution in [2.75, 3.05) is 13.1 Å². The van der Waals surface area contributed by atoms with Gasteiger partial charge in [-0.3, -0.25) is 9.80 Å². The SMILES string of the molecule is CC(C)(C)OC(=O)N1CCCC1c1ncc(-c2ccc3c(c2)Cc2cc(-c4cnc(C5CCCN5C(=O)OC(C)(C)C)[nH]4)ccc2-3)[nH]1. The van der Waals surface area contributed by atoms with E-state index in [2.05, 4.69) is 46.4 Å². The zero-order valence-electron chi connectivity index (χ0n) is 28.1. The molecule has 2 fully saturated rings. The number of H-pyrrole nitrogens is 2. The summed E-state index contributed by atoms with van der Waals surface area (Å²) in [5.74, 6) is 1.59. The standard InChI is InChI=1S/C37H44N6O4/c1-36(2,3)46-34(44)42-15-7-9-30(42)32-38-20-28(40-32)22-11-13-26-24(17-22)19-25-18-23(12-14-27(25)26)29-21-39-33(41-29)31-10-8-16-43(31)35(45)47-37(4,5)6/h11-14,17-18,20-21,30-31H,7-10,15-16,19H2,1-6H3,(H,38,40)(H,39,41). The van der Waals surface area contributed by atoms with Crippen LogP contribution in [0.5, 0.6) is 0 Å². The largest absolute Gasteiger partial charge is 0.444 e. The van der Waals surface area contributed by atoms with Gasteiger partial charge in [0.15, 0.2) is 0 Å². The lowest BCUT2D eigenvalue weighted by molar-refractivity contribution is 0.0208. The van der Waals surface area contributed by atoms with Crippen LogP contribution in [-0.4, -0.2) is 66.2 Å². The molecule has 0 saturated carbocycles. The quantitative estimate of drug-likeness (QED) is 0.206. The fraction of sp³-hybridized carbons (Fsp3) is 0.459. The Kier molecular flexibility index (Phi) is 7.64. The van der Waals surface area contributed by atoms with Crippen LogP contribution < -0.4 is 0 Å². The molecule has 1 aliphatic carbocycles. The van der Waals surface area contributed by atoms with E-state index in [-0.39, 0.29) is 24.3 Å². The van der Waals surface area contributed by atoms with Crippen LogP contribution in [0.2, 0.25) is 0 Å². The van der Waals surface area contributed by atoms with Gasteiger partial charge in [-0.2, -0.15) is 0 Å². The van der Waals surface area contributed by atoms with E-state index < -0.39 is 11.2 Å². The third-order valence-electron chi connectivity index (χ3n) is 9.09. The zero-order chi connectivity index (χ0) is 33.1. The van der Waals surface area contributed by atoms with Gasteiger partial charge in [0.2, 0.25) is 0 Å². The van der Waals surface area contributed by atoms with Gasteiger partial charge in [0.25, 0.3) is 0 Å². The van der Waals surface area contributed by atoms with Crippen LogP contribution in [0.15, 0.2) is 48.8 Å². The number of carbonyl (C=O) groups excluding carboxylic acids is 2. The molecule has 2 aromatic heterocycles. The van der Waals surface area contributed by atoms with Gasteiger partial charge >= 0.3 is 12.2 Å². The van der Waals surface area contributed by atoms with Crippen molar-refractivity contribution in [3.8, 4) is 33.6 Å². The Morgan fingerprint density at radius 1 is 0.702 bits per heavy atom. The van der Waals surface area contributed by atoms with Crippen LogP contribution in [0.4, 0.5) is 9.59 Å². The molecule has 0 radical (unpaired) electrons. The van der Waals surface area contributed by atoms with Crippen molar-refractivity contribution >= 4 is 12.2 Å². The Morgan fingerprint density at radius 3 is 1.53 bits per heavy atom. The maximum Gasteiger partial charge on any atom is 0.410 e. The van der Waals surface area contributed by atoms with Crippen LogP contribution in [-0.2, 0) is 15.9 Å². The number of amides is 2. The molecular weight excluding hydrogens is 592 g/mol. The lowest BCUT2D eigenvalue weighted by Gasteiger charge is -2.27. The van der Waals surface area contributed by atoms with Gasteiger partial charge in [0, 0.05) is 13.1 Å². The molecular formula is C37H44N6O4. The fourth-order valence-electron chi connectivity index (χ4n) is 7.03. The number of aromatic nitrogens is 4. The molecule has 4 heterocycles. The van der Waals surface area contributed by atoms with Gasteiger partial charge in [0.1, 0.15) is 22.9 Å². The minimum absolute atomic E-state index is 0.118. The van der Waals surface area contributed by atoms with Crippen molar-refractivity contribution in [3.63, 3.8) is 0 Å². The number of nitrogens with one attached hydrogen (secondary N) is 2. The summed E-state index contributed by atoms with van der Waals surface area (Å²) in [5, 5.41) is 0. The van der Waals surface area contributed by atoms with Crippen LogP contribution in [0.3, 0.4) is 0 Å². The second-order valence-electron chi connectivity index (χ2n) is 14.9. The van der Waals surface area contributed by atoms with Crippen molar-refractivity contribution in [3.05, 3.63) is 71.6 Å². The Labute approximate surface area is 275 Å². The second-order valence-corrected chi connectivity index (χ2v) is 14.9. The number of benzene rings is 2. The third-order valence-corrected chi connectivity index (χ3v) is 9.09. The van der Waals surface area contributed by atoms with Crippen LogP contribution in [0.25, 0.3) is 33.6 Å². The zero-order valence-corrected chi connectivity index (χ0v) is 28.1. The molecule has 2 unspecified atom stereocenters. The molecule has 2 amide bonds. The number of nitrogens with zero attached hydrogens (tertiary/aromatic N) is 4. The molecule has 3 aliphatic rings. The van der Waals surface area contributed by atoms with E-state index in [1.54, 1.807) is 9.80 Å². The first-order valence-electron chi connectivity index (χ1n) is 16.7. The summed E-state index contributed by atoms with van der Waals surface area (Å²) in [6.07, 6.45) is 7.54. The number of hydrogen-bond acceptors (Lipinski definition) is 6. The van der Waals surface area contributed by atoms with E-state index in [1.807, 2.05) is 53.9 Å². The van der Waals surface area contributed by atoms with Crippen molar-refractivity contribution in [2.24, 2.45) is 0 Å². The Balaban J connectivity index is 1.06. The summed E-state index contributed by atoms with van der Waals surface area (Å²) >= 11 is 0. The average Bonchev–Trinajstić information content (AvgIpc) is 3.83. The lowest BCUT2D eigenvalue weighted by Crippen LogP contribution is -2.36. The third kappa shape index (κ3) is 6.25.